The van der Waals surface area contributed by atoms with Crippen LogP contribution in [0.3, 0.4) is 0 Å². The number of carbonyl (C=O) groups is 2. The van der Waals surface area contributed by atoms with Gasteiger partial charge in [0, 0.05) is 6.42 Å². The number of carboxylic acid groups (broad SMARTS) is 1. The minimum absolute atomic E-state index is 0.0657. The van der Waals surface area contributed by atoms with Crippen LogP contribution in [0, 0.1) is 5.92 Å². The maximum Gasteiger partial charge on any atom is 0.320 e. The summed E-state index contributed by atoms with van der Waals surface area (Å²) in [6.45, 7) is 6.02. The van der Waals surface area contributed by atoms with Gasteiger partial charge >= 0.3 is 11.9 Å². The second-order valence-corrected chi connectivity index (χ2v) is 5.19. The summed E-state index contributed by atoms with van der Waals surface area (Å²) in [7, 11) is 0. The van der Waals surface area contributed by atoms with Crippen LogP contribution in [-0.4, -0.2) is 35.2 Å². The summed E-state index contributed by atoms with van der Waals surface area (Å²) >= 11 is 0. The van der Waals surface area contributed by atoms with E-state index in [9.17, 15) is 9.59 Å². The number of esters is 1. The van der Waals surface area contributed by atoms with Gasteiger partial charge in [-0.15, -0.1) is 0 Å². The van der Waals surface area contributed by atoms with Crippen molar-refractivity contribution in [3.8, 4) is 0 Å². The Balaban J connectivity index is 2.34. The number of nitrogens with one attached hydrogen (secondary N) is 1. The predicted molar refractivity (Wildman–Crippen MR) is 58.0 cm³/mol. The Hall–Kier alpha value is -1.10. The predicted octanol–water partition coefficient (Wildman–Crippen LogP) is 0.781. The zero-order valence-electron chi connectivity index (χ0n) is 9.95. The van der Waals surface area contributed by atoms with E-state index in [4.69, 9.17) is 9.84 Å². The quantitative estimate of drug-likeness (QED) is 0.699. The highest BCUT2D eigenvalue weighted by atomic mass is 16.6. The SMILES string of the molecule is CC(C)(C)OC(=O)CC1CNC(C(=O)O)C1. The van der Waals surface area contributed by atoms with Crippen molar-refractivity contribution in [2.24, 2.45) is 5.92 Å². The number of rotatable bonds is 3. The lowest BCUT2D eigenvalue weighted by atomic mass is 10.0. The molecule has 1 aliphatic rings. The molecular formula is C11H19NO4. The topological polar surface area (TPSA) is 75.6 Å². The van der Waals surface area contributed by atoms with Crippen LogP contribution in [0.2, 0.25) is 0 Å². The van der Waals surface area contributed by atoms with Gasteiger partial charge < -0.3 is 15.2 Å². The van der Waals surface area contributed by atoms with Crippen LogP contribution in [0.4, 0.5) is 0 Å². The largest absolute Gasteiger partial charge is 0.480 e. The van der Waals surface area contributed by atoms with Crippen molar-refractivity contribution in [1.29, 1.82) is 0 Å². The lowest BCUT2D eigenvalue weighted by molar-refractivity contribution is -0.156. The average molecular weight is 229 g/mol. The van der Waals surface area contributed by atoms with Crippen molar-refractivity contribution in [3.05, 3.63) is 0 Å². The van der Waals surface area contributed by atoms with E-state index in [2.05, 4.69) is 5.32 Å². The van der Waals surface area contributed by atoms with Gasteiger partial charge in [-0.05, 0) is 39.7 Å². The van der Waals surface area contributed by atoms with Crippen LogP contribution < -0.4 is 5.32 Å². The van der Waals surface area contributed by atoms with Crippen LogP contribution in [-0.2, 0) is 14.3 Å². The molecule has 92 valence electrons. The minimum atomic E-state index is -0.855. The van der Waals surface area contributed by atoms with Crippen molar-refractivity contribution < 1.29 is 19.4 Å². The molecule has 0 aromatic rings. The fourth-order valence-corrected chi connectivity index (χ4v) is 1.77. The fraction of sp³-hybridized carbons (Fsp3) is 0.818. The van der Waals surface area contributed by atoms with E-state index in [0.717, 1.165) is 0 Å². The normalized spacial score (nSPS) is 25.4. The standard InChI is InChI=1S/C11H19NO4/c1-11(2,3)16-9(13)5-7-4-8(10(14)15)12-6-7/h7-8,12H,4-6H2,1-3H3,(H,14,15). The molecule has 1 heterocycles. The van der Waals surface area contributed by atoms with E-state index >= 15 is 0 Å². The lowest BCUT2D eigenvalue weighted by Crippen LogP contribution is -2.29. The van der Waals surface area contributed by atoms with E-state index in [1.165, 1.54) is 0 Å². The second-order valence-electron chi connectivity index (χ2n) is 5.19. The van der Waals surface area contributed by atoms with Gasteiger partial charge in [0.1, 0.15) is 11.6 Å². The second kappa shape index (κ2) is 4.82. The monoisotopic (exact) mass is 229 g/mol. The summed E-state index contributed by atoms with van der Waals surface area (Å²) in [5, 5.41) is 11.6. The Labute approximate surface area is 95.2 Å². The van der Waals surface area contributed by atoms with Gasteiger partial charge in [-0.1, -0.05) is 0 Å². The van der Waals surface area contributed by atoms with E-state index in [-0.39, 0.29) is 18.3 Å². The molecule has 0 aliphatic carbocycles. The van der Waals surface area contributed by atoms with Crippen LogP contribution in [0.15, 0.2) is 0 Å². The molecule has 0 aromatic heterocycles. The van der Waals surface area contributed by atoms with Crippen molar-refractivity contribution in [1.82, 2.24) is 5.32 Å². The maximum absolute atomic E-state index is 11.5. The van der Waals surface area contributed by atoms with E-state index < -0.39 is 17.6 Å². The molecule has 0 bridgehead atoms. The number of hydrogen-bond acceptors (Lipinski definition) is 4. The molecule has 1 rings (SSSR count). The third kappa shape index (κ3) is 4.18. The molecule has 1 aliphatic heterocycles. The van der Waals surface area contributed by atoms with Crippen molar-refractivity contribution >= 4 is 11.9 Å². The molecule has 5 nitrogen and oxygen atoms in total. The Bertz CT molecular complexity index is 282. The number of hydrogen-bond donors (Lipinski definition) is 2. The third-order valence-corrected chi connectivity index (χ3v) is 2.40. The van der Waals surface area contributed by atoms with E-state index in [1.807, 2.05) is 20.8 Å². The molecule has 5 heteroatoms. The zero-order chi connectivity index (χ0) is 12.3. The molecule has 1 fully saturated rings. The first-order chi connectivity index (χ1) is 7.28. The lowest BCUT2D eigenvalue weighted by Gasteiger charge is -2.20. The molecular weight excluding hydrogens is 210 g/mol. The fourth-order valence-electron chi connectivity index (χ4n) is 1.77. The average Bonchev–Trinajstić information content (AvgIpc) is 2.48. The van der Waals surface area contributed by atoms with Gasteiger partial charge in [-0.3, -0.25) is 9.59 Å². The molecule has 2 unspecified atom stereocenters. The Kier molecular flexibility index (Phi) is 3.91. The Morgan fingerprint density at radius 2 is 2.06 bits per heavy atom. The summed E-state index contributed by atoms with van der Waals surface area (Å²) in [5.41, 5.74) is -0.477. The smallest absolute Gasteiger partial charge is 0.320 e. The molecule has 0 amide bonds. The van der Waals surface area contributed by atoms with Gasteiger partial charge in [0.15, 0.2) is 0 Å². The number of ether oxygens (including phenoxy) is 1. The third-order valence-electron chi connectivity index (χ3n) is 2.40. The first-order valence-electron chi connectivity index (χ1n) is 5.46. The molecule has 0 spiro atoms. The first-order valence-corrected chi connectivity index (χ1v) is 5.46. The highest BCUT2D eigenvalue weighted by molar-refractivity contribution is 5.74. The van der Waals surface area contributed by atoms with Crippen LogP contribution in [0.25, 0.3) is 0 Å². The van der Waals surface area contributed by atoms with Crippen molar-refractivity contribution in [2.45, 2.75) is 45.3 Å². The summed E-state index contributed by atoms with van der Waals surface area (Å²) in [4.78, 5) is 22.2. The maximum atomic E-state index is 11.5. The highest BCUT2D eigenvalue weighted by Gasteiger charge is 2.31. The molecule has 2 atom stereocenters. The van der Waals surface area contributed by atoms with Crippen LogP contribution >= 0.6 is 0 Å². The van der Waals surface area contributed by atoms with Gasteiger partial charge in [-0.25, -0.2) is 0 Å². The van der Waals surface area contributed by atoms with Gasteiger partial charge in [0.05, 0.1) is 0 Å². The van der Waals surface area contributed by atoms with Gasteiger partial charge in [-0.2, -0.15) is 0 Å². The van der Waals surface area contributed by atoms with Gasteiger partial charge in [0.2, 0.25) is 0 Å². The van der Waals surface area contributed by atoms with E-state index in [1.54, 1.807) is 0 Å². The number of carboxylic acids is 1. The zero-order valence-corrected chi connectivity index (χ0v) is 9.95. The molecule has 1 saturated heterocycles. The first kappa shape index (κ1) is 13.0. The highest BCUT2D eigenvalue weighted by Crippen LogP contribution is 2.20. The van der Waals surface area contributed by atoms with Crippen molar-refractivity contribution in [3.63, 3.8) is 0 Å². The molecule has 2 N–H and O–H groups in total. The van der Waals surface area contributed by atoms with Crippen LogP contribution in [0.5, 0.6) is 0 Å². The molecule has 0 aromatic carbocycles. The molecule has 16 heavy (non-hydrogen) atoms. The van der Waals surface area contributed by atoms with Gasteiger partial charge in [0.25, 0.3) is 0 Å². The Morgan fingerprint density at radius 3 is 2.50 bits per heavy atom. The summed E-state index contributed by atoms with van der Waals surface area (Å²) in [5.74, 6) is -1.05. The minimum Gasteiger partial charge on any atom is -0.480 e. The molecule has 0 radical (unpaired) electrons. The Morgan fingerprint density at radius 1 is 1.44 bits per heavy atom. The summed E-state index contributed by atoms with van der Waals surface area (Å²) in [6, 6.07) is -0.521. The number of carbonyl (C=O) groups excluding carboxylic acids is 1. The molecule has 0 saturated carbocycles. The van der Waals surface area contributed by atoms with E-state index in [0.29, 0.717) is 13.0 Å². The van der Waals surface area contributed by atoms with Crippen molar-refractivity contribution in [2.75, 3.05) is 6.54 Å². The van der Waals surface area contributed by atoms with Crippen LogP contribution in [0.1, 0.15) is 33.6 Å². The summed E-state index contributed by atoms with van der Waals surface area (Å²) < 4.78 is 5.18. The number of aliphatic carboxylic acids is 1. The summed E-state index contributed by atoms with van der Waals surface area (Å²) in [6.07, 6.45) is 0.780.